The molecule has 0 aliphatic heterocycles. The molecular formula is C46H31NO2. The van der Waals surface area contributed by atoms with Gasteiger partial charge in [-0.3, -0.25) is 9.59 Å². The molecule has 0 unspecified atom stereocenters. The summed E-state index contributed by atoms with van der Waals surface area (Å²) >= 11 is 0. The summed E-state index contributed by atoms with van der Waals surface area (Å²) in [6.07, 6.45) is 0. The number of anilines is 3. The molecule has 8 aromatic carbocycles. The lowest BCUT2D eigenvalue weighted by Gasteiger charge is -2.27. The maximum Gasteiger partial charge on any atom is 0.181 e. The Kier molecular flexibility index (Phi) is 6.56. The molecule has 0 amide bonds. The van der Waals surface area contributed by atoms with Crippen molar-refractivity contribution in [3.8, 4) is 11.1 Å². The lowest BCUT2D eigenvalue weighted by molar-refractivity contribution is 0.0810. The van der Waals surface area contributed by atoms with E-state index < -0.39 is 5.41 Å². The first-order valence-corrected chi connectivity index (χ1v) is 16.6. The Bertz CT molecular complexity index is 2570. The summed E-state index contributed by atoms with van der Waals surface area (Å²) in [5.41, 5.74) is 5.87. The topological polar surface area (TPSA) is 37.4 Å². The zero-order valence-corrected chi connectivity index (χ0v) is 26.9. The predicted molar refractivity (Wildman–Crippen MR) is 202 cm³/mol. The Labute approximate surface area is 284 Å². The van der Waals surface area contributed by atoms with E-state index in [1.807, 2.05) is 60.7 Å². The highest BCUT2D eigenvalue weighted by Gasteiger charge is 2.50. The number of carbonyl (C=O) groups excluding carboxylic acids is 2. The third kappa shape index (κ3) is 4.66. The van der Waals surface area contributed by atoms with Crippen LogP contribution in [-0.4, -0.2) is 11.6 Å². The van der Waals surface area contributed by atoms with Gasteiger partial charge in [-0.15, -0.1) is 0 Å². The Balaban J connectivity index is 1.15. The third-order valence-electron chi connectivity index (χ3n) is 10.1. The second-order valence-corrected chi connectivity index (χ2v) is 13.1. The average Bonchev–Trinajstić information content (AvgIpc) is 3.34. The molecule has 9 rings (SSSR count). The number of Topliss-reactive ketones (excluding diaryl/α,β-unsaturated/α-hetero) is 2. The highest BCUT2D eigenvalue weighted by atomic mass is 16.2. The van der Waals surface area contributed by atoms with Gasteiger partial charge in [-0.1, -0.05) is 115 Å². The fourth-order valence-corrected chi connectivity index (χ4v) is 7.42. The van der Waals surface area contributed by atoms with Crippen LogP contribution in [-0.2, 0) is 5.41 Å². The molecule has 232 valence electrons. The molecule has 1 aliphatic rings. The fraction of sp³-hybridized carbons (Fsp3) is 0.0435. The van der Waals surface area contributed by atoms with Crippen LogP contribution in [0, 0.1) is 0 Å². The number of fused-ring (bicyclic) bond motifs is 4. The molecule has 49 heavy (non-hydrogen) atoms. The first-order valence-electron chi connectivity index (χ1n) is 16.6. The SMILES string of the molecule is CC1(c2ccc3cc(N(c4cccc(-c5ccccc5)c4)c4ccc5ccccc5c4)ccc3c2)C(=O)c2cc3ccccc3cc2C1=O. The summed E-state index contributed by atoms with van der Waals surface area (Å²) in [6.45, 7) is 1.78. The van der Waals surface area contributed by atoms with Gasteiger partial charge in [-0.2, -0.15) is 0 Å². The van der Waals surface area contributed by atoms with Crippen LogP contribution in [0.1, 0.15) is 33.2 Å². The van der Waals surface area contributed by atoms with Crippen LogP contribution in [0.5, 0.6) is 0 Å². The summed E-state index contributed by atoms with van der Waals surface area (Å²) in [5.74, 6) is -0.287. The zero-order valence-electron chi connectivity index (χ0n) is 26.9. The van der Waals surface area contributed by atoms with E-state index in [9.17, 15) is 9.59 Å². The average molecular weight is 630 g/mol. The Hall–Kier alpha value is -6.32. The Morgan fingerprint density at radius 1 is 0.388 bits per heavy atom. The molecule has 0 atom stereocenters. The molecule has 0 spiro atoms. The van der Waals surface area contributed by atoms with Crippen LogP contribution in [0.4, 0.5) is 17.1 Å². The Morgan fingerprint density at radius 2 is 0.857 bits per heavy atom. The van der Waals surface area contributed by atoms with Gasteiger partial charge >= 0.3 is 0 Å². The second kappa shape index (κ2) is 11.1. The molecule has 0 saturated heterocycles. The summed E-state index contributed by atoms with van der Waals surface area (Å²) in [6, 6.07) is 58.1. The van der Waals surface area contributed by atoms with Crippen molar-refractivity contribution in [2.75, 3.05) is 4.90 Å². The van der Waals surface area contributed by atoms with Gasteiger partial charge in [-0.05, 0) is 111 Å². The number of benzene rings is 8. The van der Waals surface area contributed by atoms with Crippen molar-refractivity contribution < 1.29 is 9.59 Å². The van der Waals surface area contributed by atoms with E-state index >= 15 is 0 Å². The van der Waals surface area contributed by atoms with Gasteiger partial charge in [0.2, 0.25) is 0 Å². The summed E-state index contributed by atoms with van der Waals surface area (Å²) in [4.78, 5) is 30.2. The maximum absolute atomic E-state index is 14.0. The minimum absolute atomic E-state index is 0.144. The van der Waals surface area contributed by atoms with Crippen molar-refractivity contribution in [3.05, 3.63) is 187 Å². The summed E-state index contributed by atoms with van der Waals surface area (Å²) < 4.78 is 0. The highest BCUT2D eigenvalue weighted by molar-refractivity contribution is 6.34. The van der Waals surface area contributed by atoms with Gasteiger partial charge in [0.25, 0.3) is 0 Å². The highest BCUT2D eigenvalue weighted by Crippen LogP contribution is 2.43. The second-order valence-electron chi connectivity index (χ2n) is 13.1. The van der Waals surface area contributed by atoms with E-state index in [0.717, 1.165) is 49.7 Å². The van der Waals surface area contributed by atoms with Crippen molar-refractivity contribution in [3.63, 3.8) is 0 Å². The van der Waals surface area contributed by atoms with Crippen LogP contribution in [0.3, 0.4) is 0 Å². The van der Waals surface area contributed by atoms with E-state index in [1.54, 1.807) is 6.92 Å². The molecule has 0 aromatic heterocycles. The third-order valence-corrected chi connectivity index (χ3v) is 10.1. The lowest BCUT2D eigenvalue weighted by atomic mass is 9.77. The van der Waals surface area contributed by atoms with E-state index in [2.05, 4.69) is 114 Å². The standard InChI is InChI=1S/C46H31NO2/c1-46(44(48)42-28-34-14-7-8-15-35(34)29-43(42)45(46)49)38-21-18-37-27-41(23-20-36(37)24-38)47(40-22-19-31-12-5-6-13-32(31)26-40)39-17-9-16-33(25-39)30-10-3-2-4-11-30/h2-29H,1H3. The summed E-state index contributed by atoms with van der Waals surface area (Å²) in [5, 5.41) is 6.28. The molecule has 0 bridgehead atoms. The van der Waals surface area contributed by atoms with Gasteiger partial charge in [0, 0.05) is 28.2 Å². The smallest absolute Gasteiger partial charge is 0.181 e. The van der Waals surface area contributed by atoms with Gasteiger partial charge in [0.15, 0.2) is 11.6 Å². The molecule has 3 heteroatoms. The normalized spacial score (nSPS) is 13.7. The van der Waals surface area contributed by atoms with Crippen LogP contribution in [0.15, 0.2) is 170 Å². The minimum Gasteiger partial charge on any atom is -0.310 e. The van der Waals surface area contributed by atoms with Crippen LogP contribution in [0.2, 0.25) is 0 Å². The quantitative estimate of drug-likeness (QED) is 0.178. The first kappa shape index (κ1) is 28.9. The van der Waals surface area contributed by atoms with Crippen molar-refractivity contribution >= 4 is 60.9 Å². The molecule has 8 aromatic rings. The zero-order chi connectivity index (χ0) is 33.1. The predicted octanol–water partition coefficient (Wildman–Crippen LogP) is 11.6. The minimum atomic E-state index is -1.28. The van der Waals surface area contributed by atoms with Gasteiger partial charge in [0.1, 0.15) is 5.41 Å². The molecule has 0 radical (unpaired) electrons. The number of ketones is 2. The molecule has 0 fully saturated rings. The Morgan fingerprint density at radius 3 is 1.51 bits per heavy atom. The van der Waals surface area contributed by atoms with Crippen LogP contribution < -0.4 is 4.90 Å². The van der Waals surface area contributed by atoms with E-state index in [0.29, 0.717) is 16.7 Å². The van der Waals surface area contributed by atoms with Crippen molar-refractivity contribution in [1.29, 1.82) is 0 Å². The van der Waals surface area contributed by atoms with Crippen molar-refractivity contribution in [2.45, 2.75) is 12.3 Å². The van der Waals surface area contributed by atoms with E-state index in [4.69, 9.17) is 0 Å². The molecule has 0 saturated carbocycles. The first-order chi connectivity index (χ1) is 24.0. The molecule has 1 aliphatic carbocycles. The summed E-state index contributed by atoms with van der Waals surface area (Å²) in [7, 11) is 0. The van der Waals surface area contributed by atoms with E-state index in [-0.39, 0.29) is 11.6 Å². The number of rotatable bonds is 5. The largest absolute Gasteiger partial charge is 0.310 e. The molecule has 0 heterocycles. The maximum atomic E-state index is 14.0. The fourth-order valence-electron chi connectivity index (χ4n) is 7.42. The molecule has 3 nitrogen and oxygen atoms in total. The van der Waals surface area contributed by atoms with Crippen LogP contribution in [0.25, 0.3) is 43.4 Å². The monoisotopic (exact) mass is 629 g/mol. The van der Waals surface area contributed by atoms with E-state index in [1.165, 1.54) is 10.8 Å². The number of hydrogen-bond donors (Lipinski definition) is 0. The van der Waals surface area contributed by atoms with Crippen molar-refractivity contribution in [1.82, 2.24) is 0 Å². The molecule has 0 N–H and O–H groups in total. The number of carbonyl (C=O) groups is 2. The van der Waals surface area contributed by atoms with Crippen LogP contribution >= 0.6 is 0 Å². The lowest BCUT2D eigenvalue weighted by Crippen LogP contribution is -2.34. The molecular weight excluding hydrogens is 599 g/mol. The van der Waals surface area contributed by atoms with Crippen molar-refractivity contribution in [2.24, 2.45) is 0 Å². The van der Waals surface area contributed by atoms with Gasteiger partial charge in [-0.25, -0.2) is 0 Å². The number of nitrogens with zero attached hydrogens (tertiary/aromatic N) is 1. The number of hydrogen-bond acceptors (Lipinski definition) is 3. The van der Waals surface area contributed by atoms with Gasteiger partial charge < -0.3 is 4.90 Å². The van der Waals surface area contributed by atoms with Gasteiger partial charge in [0.05, 0.1) is 0 Å².